The van der Waals surface area contributed by atoms with E-state index < -0.39 is 0 Å². The molecule has 0 saturated carbocycles. The van der Waals surface area contributed by atoms with Gasteiger partial charge in [-0.1, -0.05) is 42.5 Å². The van der Waals surface area contributed by atoms with Gasteiger partial charge in [0.15, 0.2) is 0 Å². The van der Waals surface area contributed by atoms with E-state index in [1.165, 1.54) is 31.4 Å². The summed E-state index contributed by atoms with van der Waals surface area (Å²) >= 11 is 0. The van der Waals surface area contributed by atoms with Crippen molar-refractivity contribution in [2.45, 2.75) is 57.8 Å². The van der Waals surface area contributed by atoms with Crippen molar-refractivity contribution in [1.82, 2.24) is 14.9 Å². The van der Waals surface area contributed by atoms with Gasteiger partial charge < -0.3 is 4.90 Å². The lowest BCUT2D eigenvalue weighted by Gasteiger charge is -2.34. The number of rotatable bonds is 6. The summed E-state index contributed by atoms with van der Waals surface area (Å²) in [7, 11) is 0. The van der Waals surface area contributed by atoms with E-state index in [4.69, 9.17) is 9.97 Å². The Labute approximate surface area is 191 Å². The molecule has 1 atom stereocenters. The van der Waals surface area contributed by atoms with Crippen LogP contribution in [0, 0.1) is 12.8 Å². The van der Waals surface area contributed by atoms with Gasteiger partial charge in [-0.3, -0.25) is 9.69 Å². The first-order valence-electron chi connectivity index (χ1n) is 12.3. The molecule has 5 heteroatoms. The second-order valence-corrected chi connectivity index (χ2v) is 9.65. The Bertz CT molecular complexity index is 979. The molecule has 32 heavy (non-hydrogen) atoms. The van der Waals surface area contributed by atoms with Crippen molar-refractivity contribution in [2.75, 3.05) is 31.1 Å². The molecule has 0 bridgehead atoms. The van der Waals surface area contributed by atoms with Crippen LogP contribution in [0.15, 0.2) is 42.5 Å². The molecule has 5 rings (SSSR count). The highest BCUT2D eigenvalue weighted by molar-refractivity contribution is 6.00. The average Bonchev–Trinajstić information content (AvgIpc) is 3.15. The third-order valence-electron chi connectivity index (χ3n) is 7.41. The summed E-state index contributed by atoms with van der Waals surface area (Å²) in [6.07, 6.45) is 12.0. The number of amides is 1. The van der Waals surface area contributed by atoms with Crippen molar-refractivity contribution in [3.63, 3.8) is 0 Å². The van der Waals surface area contributed by atoms with Gasteiger partial charge >= 0.3 is 0 Å². The smallest absolute Gasteiger partial charge is 0.232 e. The van der Waals surface area contributed by atoms with Gasteiger partial charge in [-0.15, -0.1) is 0 Å². The number of aromatic nitrogens is 2. The molecule has 0 spiro atoms. The van der Waals surface area contributed by atoms with Crippen LogP contribution < -0.4 is 4.90 Å². The second kappa shape index (κ2) is 9.53. The topological polar surface area (TPSA) is 49.3 Å². The number of allylic oxidation sites excluding steroid dienone is 2. The van der Waals surface area contributed by atoms with Gasteiger partial charge in [-0.05, 0) is 70.0 Å². The molecule has 0 N–H and O–H groups in total. The van der Waals surface area contributed by atoms with Crippen LogP contribution in [0.2, 0.25) is 0 Å². The zero-order valence-corrected chi connectivity index (χ0v) is 19.2. The minimum atomic E-state index is 0.154. The standard InChI is InChI=1S/C27H34N4O/c1-20-24-18-25(32)31(17-12-21-8-4-2-5-9-21)27(24)29-26(28-20)23-13-15-30(16-14-23)19-22-10-6-3-7-11-22/h2-6,8-9,22-23H,7,10-19H2,1H3. The number of anilines is 1. The van der Waals surface area contributed by atoms with E-state index in [2.05, 4.69) is 41.3 Å². The first-order valence-corrected chi connectivity index (χ1v) is 12.3. The van der Waals surface area contributed by atoms with Gasteiger partial charge in [0.2, 0.25) is 5.91 Å². The fourth-order valence-electron chi connectivity index (χ4n) is 5.46. The number of fused-ring (bicyclic) bond motifs is 1. The van der Waals surface area contributed by atoms with E-state index in [0.29, 0.717) is 18.9 Å². The van der Waals surface area contributed by atoms with Gasteiger partial charge in [0.05, 0.1) is 6.42 Å². The number of aryl methyl sites for hydroxylation is 1. The van der Waals surface area contributed by atoms with Crippen molar-refractivity contribution in [2.24, 2.45) is 5.92 Å². The summed E-state index contributed by atoms with van der Waals surface area (Å²) in [4.78, 5) is 27.2. The van der Waals surface area contributed by atoms with Gasteiger partial charge in [-0.25, -0.2) is 9.97 Å². The Morgan fingerprint density at radius 1 is 1.03 bits per heavy atom. The number of hydrogen-bond acceptors (Lipinski definition) is 4. The summed E-state index contributed by atoms with van der Waals surface area (Å²) in [6.45, 7) is 6.20. The zero-order chi connectivity index (χ0) is 21.9. The third-order valence-corrected chi connectivity index (χ3v) is 7.41. The zero-order valence-electron chi connectivity index (χ0n) is 19.2. The second-order valence-electron chi connectivity index (χ2n) is 9.65. The maximum absolute atomic E-state index is 12.8. The first-order chi connectivity index (χ1) is 15.7. The van der Waals surface area contributed by atoms with Crippen LogP contribution in [0.1, 0.15) is 60.7 Å². The van der Waals surface area contributed by atoms with Crippen LogP contribution in [-0.2, 0) is 17.6 Å². The largest absolute Gasteiger partial charge is 0.303 e. The lowest BCUT2D eigenvalue weighted by molar-refractivity contribution is -0.117. The Morgan fingerprint density at radius 2 is 1.84 bits per heavy atom. The van der Waals surface area contributed by atoms with E-state index >= 15 is 0 Å². The summed E-state index contributed by atoms with van der Waals surface area (Å²) in [6, 6.07) is 10.4. The van der Waals surface area contributed by atoms with Crippen molar-refractivity contribution >= 4 is 11.7 Å². The quantitative estimate of drug-likeness (QED) is 0.635. The lowest BCUT2D eigenvalue weighted by atomic mass is 9.91. The SMILES string of the molecule is Cc1nc(C2CCN(CC3CC=CCC3)CC2)nc2c1CC(=O)N2CCc1ccccc1. The number of nitrogens with zero attached hydrogens (tertiary/aromatic N) is 4. The molecule has 5 nitrogen and oxygen atoms in total. The van der Waals surface area contributed by atoms with Crippen LogP contribution >= 0.6 is 0 Å². The number of hydrogen-bond donors (Lipinski definition) is 0. The molecule has 0 radical (unpaired) electrons. The fourth-order valence-corrected chi connectivity index (χ4v) is 5.46. The molecule has 1 aliphatic carbocycles. The summed E-state index contributed by atoms with van der Waals surface area (Å²) in [5.41, 5.74) is 3.26. The van der Waals surface area contributed by atoms with E-state index in [1.807, 2.05) is 17.9 Å². The maximum Gasteiger partial charge on any atom is 0.232 e. The Morgan fingerprint density at radius 3 is 2.59 bits per heavy atom. The van der Waals surface area contributed by atoms with E-state index in [0.717, 1.165) is 61.2 Å². The van der Waals surface area contributed by atoms with E-state index in [9.17, 15) is 4.79 Å². The Hall–Kier alpha value is -2.53. The highest BCUT2D eigenvalue weighted by Crippen LogP contribution is 2.33. The fraction of sp³-hybridized carbons (Fsp3) is 0.519. The Kier molecular flexibility index (Phi) is 6.35. The number of carbonyl (C=O) groups is 1. The molecule has 1 unspecified atom stereocenters. The predicted octanol–water partition coefficient (Wildman–Crippen LogP) is 4.45. The minimum absolute atomic E-state index is 0.154. The highest BCUT2D eigenvalue weighted by Gasteiger charge is 2.33. The molecular formula is C27H34N4O. The number of piperidine rings is 1. The molecule has 3 aliphatic rings. The normalized spacial score (nSPS) is 21.8. The summed E-state index contributed by atoms with van der Waals surface area (Å²) in [5.74, 6) is 3.18. The van der Waals surface area contributed by atoms with Gasteiger partial charge in [0.25, 0.3) is 0 Å². The Balaban J connectivity index is 1.25. The van der Waals surface area contributed by atoms with E-state index in [1.54, 1.807) is 0 Å². The molecule has 2 aromatic rings. The van der Waals surface area contributed by atoms with Gasteiger partial charge in [0, 0.05) is 30.3 Å². The molecule has 1 saturated heterocycles. The monoisotopic (exact) mass is 430 g/mol. The predicted molar refractivity (Wildman–Crippen MR) is 128 cm³/mol. The van der Waals surface area contributed by atoms with Crippen LogP contribution in [0.25, 0.3) is 0 Å². The average molecular weight is 431 g/mol. The van der Waals surface area contributed by atoms with E-state index in [-0.39, 0.29) is 5.91 Å². The molecule has 1 amide bonds. The minimum Gasteiger partial charge on any atom is -0.303 e. The van der Waals surface area contributed by atoms with Gasteiger partial charge in [-0.2, -0.15) is 0 Å². The molecule has 168 valence electrons. The molecule has 1 aromatic carbocycles. The molecule has 1 aromatic heterocycles. The van der Waals surface area contributed by atoms with Crippen LogP contribution in [0.5, 0.6) is 0 Å². The maximum atomic E-state index is 12.8. The first kappa shape index (κ1) is 21.3. The lowest BCUT2D eigenvalue weighted by Crippen LogP contribution is -2.37. The van der Waals surface area contributed by atoms with Crippen molar-refractivity contribution in [3.05, 3.63) is 65.1 Å². The van der Waals surface area contributed by atoms with Crippen LogP contribution in [-0.4, -0.2) is 47.0 Å². The number of likely N-dealkylation sites (tertiary alicyclic amines) is 1. The third kappa shape index (κ3) is 4.63. The van der Waals surface area contributed by atoms with Crippen LogP contribution in [0.4, 0.5) is 5.82 Å². The van der Waals surface area contributed by atoms with Crippen molar-refractivity contribution < 1.29 is 4.79 Å². The number of benzene rings is 1. The van der Waals surface area contributed by atoms with Crippen molar-refractivity contribution in [3.8, 4) is 0 Å². The molecule has 1 fully saturated rings. The van der Waals surface area contributed by atoms with Crippen LogP contribution in [0.3, 0.4) is 0 Å². The summed E-state index contributed by atoms with van der Waals surface area (Å²) in [5, 5.41) is 0. The molecule has 3 heterocycles. The van der Waals surface area contributed by atoms with Gasteiger partial charge in [0.1, 0.15) is 11.6 Å². The highest BCUT2D eigenvalue weighted by atomic mass is 16.2. The summed E-state index contributed by atoms with van der Waals surface area (Å²) < 4.78 is 0. The molecular weight excluding hydrogens is 396 g/mol. The number of carbonyl (C=O) groups excluding carboxylic acids is 1. The van der Waals surface area contributed by atoms with Crippen molar-refractivity contribution in [1.29, 1.82) is 0 Å². The molecule has 2 aliphatic heterocycles.